The van der Waals surface area contributed by atoms with Crippen molar-refractivity contribution in [3.63, 3.8) is 0 Å². The smallest absolute Gasteiger partial charge is 0.315 e. The van der Waals surface area contributed by atoms with Crippen molar-refractivity contribution < 1.29 is 9.53 Å². The van der Waals surface area contributed by atoms with Crippen LogP contribution in [0.3, 0.4) is 0 Å². The number of benzene rings is 1. The summed E-state index contributed by atoms with van der Waals surface area (Å²) in [5, 5.41) is 9.06. The number of hydrogen-bond acceptors (Lipinski definition) is 4. The highest BCUT2D eigenvalue weighted by Crippen LogP contribution is 2.14. The van der Waals surface area contributed by atoms with Crippen LogP contribution < -0.4 is 20.7 Å². The second kappa shape index (κ2) is 8.31. The zero-order valence-electron chi connectivity index (χ0n) is 13.5. The molecule has 6 heteroatoms. The molecule has 0 bridgehead atoms. The summed E-state index contributed by atoms with van der Waals surface area (Å²) in [6, 6.07) is 13.5. The lowest BCUT2D eigenvalue weighted by Crippen LogP contribution is -2.42. The minimum Gasteiger partial charge on any atom is -0.487 e. The number of urea groups is 1. The molecule has 1 aliphatic heterocycles. The summed E-state index contributed by atoms with van der Waals surface area (Å²) in [5.41, 5.74) is 1.87. The van der Waals surface area contributed by atoms with E-state index >= 15 is 0 Å². The van der Waals surface area contributed by atoms with Gasteiger partial charge < -0.3 is 20.7 Å². The molecule has 6 nitrogen and oxygen atoms in total. The summed E-state index contributed by atoms with van der Waals surface area (Å²) < 4.78 is 5.75. The topological polar surface area (TPSA) is 75.3 Å². The van der Waals surface area contributed by atoms with Gasteiger partial charge in [-0.15, -0.1) is 0 Å². The number of aromatic nitrogens is 1. The Bertz CT molecular complexity index is 657. The molecule has 2 amide bonds. The Balaban J connectivity index is 1.46. The Morgan fingerprint density at radius 3 is 3.04 bits per heavy atom. The van der Waals surface area contributed by atoms with Gasteiger partial charge in [0.25, 0.3) is 0 Å². The van der Waals surface area contributed by atoms with Crippen molar-refractivity contribution in [1.29, 1.82) is 0 Å². The van der Waals surface area contributed by atoms with Crippen LogP contribution in [0.2, 0.25) is 0 Å². The van der Waals surface area contributed by atoms with Crippen LogP contribution in [0.4, 0.5) is 4.79 Å². The van der Waals surface area contributed by atoms with Crippen molar-refractivity contribution in [3.05, 3.63) is 59.9 Å². The number of nitrogens with one attached hydrogen (secondary N) is 3. The van der Waals surface area contributed by atoms with Gasteiger partial charge in [0.15, 0.2) is 0 Å². The summed E-state index contributed by atoms with van der Waals surface area (Å²) in [6.07, 6.45) is 2.72. The molecule has 1 atom stereocenters. The first-order valence-electron chi connectivity index (χ1n) is 8.16. The maximum atomic E-state index is 11.9. The standard InChI is InChI=1S/C18H22N4O2/c23-18(22-15-7-9-19-12-15)21-11-14-4-3-6-17(10-14)24-13-16-5-1-2-8-20-16/h1-6,8,10,15,19H,7,9,11-13H2,(H2,21,22,23)/t15-/m1/s1. The Morgan fingerprint density at radius 2 is 2.25 bits per heavy atom. The molecular weight excluding hydrogens is 304 g/mol. The minimum atomic E-state index is -0.136. The van der Waals surface area contributed by atoms with E-state index in [1.807, 2.05) is 42.5 Å². The third-order valence-electron chi connectivity index (χ3n) is 3.86. The number of hydrogen-bond donors (Lipinski definition) is 3. The molecule has 24 heavy (non-hydrogen) atoms. The second-order valence-electron chi connectivity index (χ2n) is 5.77. The maximum absolute atomic E-state index is 11.9. The van der Waals surface area contributed by atoms with Gasteiger partial charge in [-0.1, -0.05) is 18.2 Å². The van der Waals surface area contributed by atoms with Crippen LogP contribution in [0.25, 0.3) is 0 Å². The lowest BCUT2D eigenvalue weighted by molar-refractivity contribution is 0.237. The average molecular weight is 326 g/mol. The minimum absolute atomic E-state index is 0.136. The van der Waals surface area contributed by atoms with E-state index in [1.165, 1.54) is 0 Å². The van der Waals surface area contributed by atoms with E-state index in [0.717, 1.165) is 36.5 Å². The third-order valence-corrected chi connectivity index (χ3v) is 3.86. The number of carbonyl (C=O) groups is 1. The molecule has 1 saturated heterocycles. The Hall–Kier alpha value is -2.60. The van der Waals surface area contributed by atoms with E-state index in [2.05, 4.69) is 20.9 Å². The first-order valence-corrected chi connectivity index (χ1v) is 8.16. The lowest BCUT2D eigenvalue weighted by Gasteiger charge is -2.13. The van der Waals surface area contributed by atoms with Gasteiger partial charge in [0.05, 0.1) is 5.69 Å². The average Bonchev–Trinajstić information content (AvgIpc) is 3.12. The van der Waals surface area contributed by atoms with Gasteiger partial charge in [0.1, 0.15) is 12.4 Å². The van der Waals surface area contributed by atoms with Crippen LogP contribution in [0.5, 0.6) is 5.75 Å². The molecule has 0 spiro atoms. The summed E-state index contributed by atoms with van der Waals surface area (Å²) in [6.45, 7) is 2.69. The number of rotatable bonds is 6. The summed E-state index contributed by atoms with van der Waals surface area (Å²) in [4.78, 5) is 16.1. The van der Waals surface area contributed by atoms with E-state index in [0.29, 0.717) is 13.2 Å². The van der Waals surface area contributed by atoms with Crippen LogP contribution in [-0.4, -0.2) is 30.1 Å². The first-order chi connectivity index (χ1) is 11.8. The third kappa shape index (κ3) is 4.96. The van der Waals surface area contributed by atoms with Crippen molar-refractivity contribution >= 4 is 6.03 Å². The SMILES string of the molecule is O=C(NCc1cccc(OCc2ccccn2)c1)N[C@@H]1CCNC1. The fourth-order valence-corrected chi connectivity index (χ4v) is 2.58. The monoisotopic (exact) mass is 326 g/mol. The van der Waals surface area contributed by atoms with E-state index in [4.69, 9.17) is 4.74 Å². The van der Waals surface area contributed by atoms with Crippen molar-refractivity contribution in [2.75, 3.05) is 13.1 Å². The Kier molecular flexibility index (Phi) is 5.63. The molecule has 1 aliphatic rings. The maximum Gasteiger partial charge on any atom is 0.315 e. The zero-order chi connectivity index (χ0) is 16.6. The van der Waals surface area contributed by atoms with Crippen molar-refractivity contribution in [1.82, 2.24) is 20.9 Å². The molecule has 3 rings (SSSR count). The lowest BCUT2D eigenvalue weighted by atomic mass is 10.2. The summed E-state index contributed by atoms with van der Waals surface area (Å²) in [5.74, 6) is 0.764. The van der Waals surface area contributed by atoms with Crippen molar-refractivity contribution in [2.45, 2.75) is 25.6 Å². The Morgan fingerprint density at radius 1 is 1.29 bits per heavy atom. The second-order valence-corrected chi connectivity index (χ2v) is 5.77. The number of carbonyl (C=O) groups excluding carboxylic acids is 1. The molecule has 0 unspecified atom stereocenters. The van der Waals surface area contributed by atoms with Gasteiger partial charge in [-0.05, 0) is 42.8 Å². The van der Waals surface area contributed by atoms with E-state index in [1.54, 1.807) is 6.20 Å². The number of ether oxygens (including phenoxy) is 1. The van der Waals surface area contributed by atoms with Gasteiger partial charge in [-0.2, -0.15) is 0 Å². The van der Waals surface area contributed by atoms with E-state index < -0.39 is 0 Å². The largest absolute Gasteiger partial charge is 0.487 e. The molecule has 1 aromatic heterocycles. The van der Waals surface area contributed by atoms with E-state index in [-0.39, 0.29) is 12.1 Å². The van der Waals surface area contributed by atoms with E-state index in [9.17, 15) is 4.79 Å². The zero-order valence-corrected chi connectivity index (χ0v) is 13.5. The molecule has 2 heterocycles. The molecule has 0 aliphatic carbocycles. The van der Waals surface area contributed by atoms with Crippen LogP contribution >= 0.6 is 0 Å². The highest BCUT2D eigenvalue weighted by Gasteiger charge is 2.16. The normalized spacial score (nSPS) is 16.6. The molecule has 2 aromatic rings. The van der Waals surface area contributed by atoms with Crippen molar-refractivity contribution in [3.8, 4) is 5.75 Å². The van der Waals surface area contributed by atoms with Crippen LogP contribution in [0.1, 0.15) is 17.7 Å². The highest BCUT2D eigenvalue weighted by molar-refractivity contribution is 5.74. The molecule has 0 radical (unpaired) electrons. The number of nitrogens with zero attached hydrogens (tertiary/aromatic N) is 1. The van der Waals surface area contributed by atoms with Gasteiger partial charge in [-0.3, -0.25) is 4.98 Å². The molecule has 0 saturated carbocycles. The molecular formula is C18H22N4O2. The fourth-order valence-electron chi connectivity index (χ4n) is 2.58. The summed E-state index contributed by atoms with van der Waals surface area (Å²) in [7, 11) is 0. The van der Waals surface area contributed by atoms with Gasteiger partial charge in [0.2, 0.25) is 0 Å². The quantitative estimate of drug-likeness (QED) is 0.757. The van der Waals surface area contributed by atoms with Gasteiger partial charge in [-0.25, -0.2) is 4.79 Å². The molecule has 1 aromatic carbocycles. The fraction of sp³-hybridized carbons (Fsp3) is 0.333. The first kappa shape index (κ1) is 16.3. The van der Waals surface area contributed by atoms with Crippen LogP contribution in [0.15, 0.2) is 48.7 Å². The highest BCUT2D eigenvalue weighted by atomic mass is 16.5. The predicted molar refractivity (Wildman–Crippen MR) is 91.7 cm³/mol. The van der Waals surface area contributed by atoms with Gasteiger partial charge >= 0.3 is 6.03 Å². The molecule has 3 N–H and O–H groups in total. The van der Waals surface area contributed by atoms with Gasteiger partial charge in [0, 0.05) is 25.3 Å². The molecule has 1 fully saturated rings. The van der Waals surface area contributed by atoms with Crippen LogP contribution in [-0.2, 0) is 13.2 Å². The predicted octanol–water partition coefficient (Wildman–Crippen LogP) is 1.82. The number of pyridine rings is 1. The van der Waals surface area contributed by atoms with Crippen molar-refractivity contribution in [2.24, 2.45) is 0 Å². The molecule has 126 valence electrons. The Labute approximate surface area is 141 Å². The summed E-state index contributed by atoms with van der Waals surface area (Å²) >= 11 is 0. The van der Waals surface area contributed by atoms with Crippen LogP contribution in [0, 0.1) is 0 Å². The number of amides is 2.